The Kier molecular flexibility index (Phi) is 12.5. The van der Waals surface area contributed by atoms with Crippen LogP contribution in [-0.4, -0.2) is 135 Å². The summed E-state index contributed by atoms with van der Waals surface area (Å²) >= 11 is 0. The second-order valence-electron chi connectivity index (χ2n) is 16.7. The Morgan fingerprint density at radius 2 is 1.33 bits per heavy atom. The Bertz CT molecular complexity index is 2190. The van der Waals surface area contributed by atoms with Gasteiger partial charge in [0.25, 0.3) is 0 Å². The van der Waals surface area contributed by atoms with Crippen LogP contribution in [0.2, 0.25) is 0 Å². The first-order valence-corrected chi connectivity index (χ1v) is 20.0. The van der Waals surface area contributed by atoms with E-state index in [9.17, 15) is 48.6 Å². The molecule has 20 nitrogen and oxygen atoms in total. The fourth-order valence-electron chi connectivity index (χ4n) is 9.73. The Morgan fingerprint density at radius 1 is 0.746 bits per heavy atom. The highest BCUT2D eigenvalue weighted by molar-refractivity contribution is 5.91. The Balaban J connectivity index is 1.79. The minimum atomic E-state index is -2.98. The van der Waals surface area contributed by atoms with Gasteiger partial charge in [0, 0.05) is 40.8 Å². The summed E-state index contributed by atoms with van der Waals surface area (Å²) in [6, 6.07) is 10.1. The average Bonchev–Trinajstić information content (AvgIpc) is 3.42. The average molecular weight is 884 g/mol. The number of aryl methyl sites for hydroxylation is 1. The summed E-state index contributed by atoms with van der Waals surface area (Å²) in [7, 11) is 0. The van der Waals surface area contributed by atoms with E-state index in [2.05, 4.69) is 4.98 Å². The largest absolute Gasteiger partial charge is 0.465 e. The van der Waals surface area contributed by atoms with E-state index in [-0.39, 0.29) is 23.2 Å². The number of ether oxygens (including phenoxy) is 9. The number of esters is 8. The first-order chi connectivity index (χ1) is 29.4. The maximum absolute atomic E-state index is 14.5. The molecule has 6 rings (SSSR count). The highest BCUT2D eigenvalue weighted by Gasteiger charge is 2.92. The van der Waals surface area contributed by atoms with Crippen LogP contribution in [-0.2, 0) is 77.8 Å². The Labute approximate surface area is 360 Å². The van der Waals surface area contributed by atoms with Crippen LogP contribution in [0, 0.1) is 11.3 Å². The number of aromatic nitrogens is 1. The number of benzene rings is 1. The fourth-order valence-corrected chi connectivity index (χ4v) is 9.73. The lowest BCUT2D eigenvalue weighted by Crippen LogP contribution is -2.89. The van der Waals surface area contributed by atoms with Crippen LogP contribution in [0.3, 0.4) is 0 Å². The third-order valence-electron chi connectivity index (χ3n) is 12.2. The predicted octanol–water partition coefficient (Wildman–Crippen LogP) is 1.27. The van der Waals surface area contributed by atoms with E-state index in [1.165, 1.54) is 49.5 Å². The number of hydrogen-bond donors (Lipinski definition) is 2. The monoisotopic (exact) mass is 883 g/mol. The molecule has 1 unspecified atom stereocenters. The number of cyclic esters (lactones) is 1. The van der Waals surface area contributed by atoms with Crippen molar-refractivity contribution in [3.8, 4) is 0 Å². The van der Waals surface area contributed by atoms with Crippen molar-refractivity contribution < 1.29 is 91.2 Å². The normalized spacial score (nSPS) is 35.8. The molecular weight excluding hydrogens is 834 g/mol. The molecule has 3 heterocycles. The second-order valence-corrected chi connectivity index (χ2v) is 16.7. The molecule has 0 amide bonds. The molecule has 2 saturated carbocycles. The van der Waals surface area contributed by atoms with E-state index in [1.54, 1.807) is 6.07 Å². The molecule has 1 aromatic heterocycles. The van der Waals surface area contributed by atoms with Crippen LogP contribution >= 0.6 is 0 Å². The molecule has 1 saturated heterocycles. The van der Waals surface area contributed by atoms with Crippen molar-refractivity contribution in [1.82, 2.24) is 4.98 Å². The minimum Gasteiger partial charge on any atom is -0.465 e. The zero-order chi connectivity index (χ0) is 46.4. The van der Waals surface area contributed by atoms with E-state index in [0.717, 1.165) is 48.5 Å². The molecule has 1 aromatic carbocycles. The van der Waals surface area contributed by atoms with E-state index < -0.39 is 138 Å². The first kappa shape index (κ1) is 46.5. The third kappa shape index (κ3) is 7.99. The summed E-state index contributed by atoms with van der Waals surface area (Å²) in [5, 5.41) is 25.4. The van der Waals surface area contributed by atoms with Crippen LogP contribution in [0.15, 0.2) is 48.7 Å². The Morgan fingerprint density at radius 3 is 1.92 bits per heavy atom. The lowest BCUT2D eigenvalue weighted by molar-refractivity contribution is -0.386. The topological polar surface area (TPSA) is 273 Å². The van der Waals surface area contributed by atoms with Gasteiger partial charge in [-0.1, -0.05) is 18.2 Å². The van der Waals surface area contributed by atoms with Gasteiger partial charge >= 0.3 is 47.8 Å². The summed E-state index contributed by atoms with van der Waals surface area (Å²) in [4.78, 5) is 113. The maximum Gasteiger partial charge on any atom is 0.340 e. The lowest BCUT2D eigenvalue weighted by Gasteiger charge is -2.67. The summed E-state index contributed by atoms with van der Waals surface area (Å²) in [6.45, 7) is 6.37. The summed E-state index contributed by atoms with van der Waals surface area (Å²) in [6.07, 6.45) is -12.0. The molecule has 63 heavy (non-hydrogen) atoms. The van der Waals surface area contributed by atoms with Crippen molar-refractivity contribution in [3.05, 3.63) is 65.5 Å². The molecule has 340 valence electrons. The second kappa shape index (κ2) is 16.9. The molecule has 4 bridgehead atoms. The standard InChI is InChI=1S/C43H49NO19/c1-21(45)55-20-42-34(59-24(4)48)30(57-22(2)46)29-32(58-23(3)47)43(42)41(8,54)33(31(35(42)60-25(5)49)61-36(50)26-13-10-9-11-14-26)62-38(52)39(6,53)17-16-28-27(15-12-18-44-28)37(51)56-19-40(29,7)63-43/h9-15,18,29-35,53-54H,16-17,19-20H2,1-8H3/t29-,30?,31+,32-,33+,34-,35+,39+,40+,41+,42-,43+/m1/s1. The lowest BCUT2D eigenvalue weighted by atomic mass is 9.45. The van der Waals surface area contributed by atoms with Crippen LogP contribution in [0.4, 0.5) is 0 Å². The van der Waals surface area contributed by atoms with Gasteiger partial charge in [0.05, 0.1) is 22.7 Å². The molecule has 0 radical (unpaired) electrons. The smallest absolute Gasteiger partial charge is 0.340 e. The van der Waals surface area contributed by atoms with Crippen molar-refractivity contribution >= 4 is 47.8 Å². The molecule has 2 aromatic rings. The summed E-state index contributed by atoms with van der Waals surface area (Å²) in [5.41, 5.74) is -13.3. The quantitative estimate of drug-likeness (QED) is 0.279. The third-order valence-corrected chi connectivity index (χ3v) is 12.2. The van der Waals surface area contributed by atoms with Crippen molar-refractivity contribution in [2.75, 3.05) is 13.2 Å². The summed E-state index contributed by atoms with van der Waals surface area (Å²) in [5.74, 6) is -10.5. The van der Waals surface area contributed by atoms with Crippen molar-refractivity contribution in [1.29, 1.82) is 0 Å². The highest BCUT2D eigenvalue weighted by Crippen LogP contribution is 2.70. The zero-order valence-corrected chi connectivity index (χ0v) is 35.8. The molecule has 4 aliphatic rings. The molecule has 1 spiro atoms. The number of fused-ring (bicyclic) bond motifs is 5. The van der Waals surface area contributed by atoms with Crippen LogP contribution in [0.1, 0.15) is 88.2 Å². The maximum atomic E-state index is 14.5. The summed E-state index contributed by atoms with van der Waals surface area (Å²) < 4.78 is 54.9. The molecule has 20 heteroatoms. The van der Waals surface area contributed by atoms with Gasteiger partial charge in [-0.25, -0.2) is 14.4 Å². The number of rotatable bonds is 8. The molecular formula is C43H49NO19. The van der Waals surface area contributed by atoms with E-state index in [4.69, 9.17) is 42.6 Å². The zero-order valence-electron chi connectivity index (χ0n) is 35.8. The van der Waals surface area contributed by atoms with Crippen molar-refractivity contribution in [2.45, 2.75) is 127 Å². The van der Waals surface area contributed by atoms with E-state index in [1.807, 2.05) is 0 Å². The van der Waals surface area contributed by atoms with Gasteiger partial charge in [-0.3, -0.25) is 29.0 Å². The van der Waals surface area contributed by atoms with Gasteiger partial charge < -0.3 is 52.8 Å². The first-order valence-electron chi connectivity index (χ1n) is 20.0. The van der Waals surface area contributed by atoms with E-state index >= 15 is 0 Å². The molecule has 3 fully saturated rings. The molecule has 2 aliphatic heterocycles. The highest BCUT2D eigenvalue weighted by atomic mass is 16.7. The van der Waals surface area contributed by atoms with Gasteiger partial charge in [0.15, 0.2) is 35.6 Å². The Hall–Kier alpha value is -5.99. The predicted molar refractivity (Wildman–Crippen MR) is 207 cm³/mol. The van der Waals surface area contributed by atoms with Gasteiger partial charge in [-0.2, -0.15) is 0 Å². The molecule has 2 aliphatic carbocycles. The fraction of sp³-hybridized carbons (Fsp3) is 0.558. The number of carbonyl (C=O) groups is 8. The van der Waals surface area contributed by atoms with Crippen molar-refractivity contribution in [2.24, 2.45) is 11.3 Å². The minimum absolute atomic E-state index is 0.0847. The molecule has 12 atom stereocenters. The van der Waals surface area contributed by atoms with Gasteiger partial charge in [0.1, 0.15) is 42.0 Å². The molecule has 2 N–H and O–H groups in total. The van der Waals surface area contributed by atoms with Gasteiger partial charge in [-0.05, 0) is 57.9 Å². The number of carbonyl (C=O) groups excluding carboxylic acids is 8. The van der Waals surface area contributed by atoms with Crippen LogP contribution < -0.4 is 0 Å². The van der Waals surface area contributed by atoms with E-state index in [0.29, 0.717) is 0 Å². The number of hydrogen-bond acceptors (Lipinski definition) is 20. The number of nitrogens with zero attached hydrogens (tertiary/aromatic N) is 1. The number of pyridine rings is 1. The van der Waals surface area contributed by atoms with Gasteiger partial charge in [-0.15, -0.1) is 0 Å². The SMILES string of the molecule is CC(=O)OC[C@]12[C@H](OC(C)=O)C(OC(C)=O)[C@@H]3[C@@H](OC(C)=O)[C@@]14O[C@@]3(C)COC(=O)c1cccnc1CC[C@](C)(O)C(=O)O[C@@H]([C@H](OC(=O)c1ccccc1)[C@@H]2OC(C)=O)[C@]4(C)O. The van der Waals surface area contributed by atoms with Crippen molar-refractivity contribution in [3.63, 3.8) is 0 Å². The number of aliphatic hydroxyl groups is 2. The van der Waals surface area contributed by atoms with Crippen LogP contribution in [0.25, 0.3) is 0 Å². The van der Waals surface area contributed by atoms with Crippen LogP contribution in [0.5, 0.6) is 0 Å². The van der Waals surface area contributed by atoms with Gasteiger partial charge in [0.2, 0.25) is 0 Å².